The number of carbonyl (C=O) groups excluding carboxylic acids is 1. The minimum atomic E-state index is -0.743. The van der Waals surface area contributed by atoms with Gasteiger partial charge in [-0.3, -0.25) is 4.79 Å². The second-order valence-corrected chi connectivity index (χ2v) is 4.64. The SMILES string of the molecule is COC(C)(C)CCNC(=O)c1ccc(F)c(O)c1. The maximum Gasteiger partial charge on any atom is 0.251 e. The highest BCUT2D eigenvalue weighted by atomic mass is 19.1. The van der Waals surface area contributed by atoms with E-state index in [2.05, 4.69) is 5.32 Å². The summed E-state index contributed by atoms with van der Waals surface area (Å²) in [6.45, 7) is 4.28. The van der Waals surface area contributed by atoms with E-state index >= 15 is 0 Å². The van der Waals surface area contributed by atoms with Crippen LogP contribution in [0, 0.1) is 5.82 Å². The van der Waals surface area contributed by atoms with Crippen molar-refractivity contribution in [1.29, 1.82) is 0 Å². The molecule has 5 heteroatoms. The predicted molar refractivity (Wildman–Crippen MR) is 66.1 cm³/mol. The first-order chi connectivity index (χ1) is 8.35. The van der Waals surface area contributed by atoms with Crippen molar-refractivity contribution in [2.24, 2.45) is 0 Å². The molecular formula is C13H18FNO3. The molecule has 0 bridgehead atoms. The van der Waals surface area contributed by atoms with Gasteiger partial charge in [0.2, 0.25) is 0 Å². The Morgan fingerprint density at radius 2 is 2.17 bits per heavy atom. The lowest BCUT2D eigenvalue weighted by Gasteiger charge is -2.22. The Bertz CT molecular complexity index is 432. The first-order valence-corrected chi connectivity index (χ1v) is 5.67. The van der Waals surface area contributed by atoms with Crippen molar-refractivity contribution >= 4 is 5.91 Å². The summed E-state index contributed by atoms with van der Waals surface area (Å²) >= 11 is 0. The lowest BCUT2D eigenvalue weighted by molar-refractivity contribution is 0.0160. The van der Waals surface area contributed by atoms with Gasteiger partial charge in [0.15, 0.2) is 11.6 Å². The van der Waals surface area contributed by atoms with Gasteiger partial charge in [0.05, 0.1) is 5.60 Å². The molecule has 1 aromatic carbocycles. The van der Waals surface area contributed by atoms with E-state index in [0.717, 1.165) is 12.1 Å². The number of carbonyl (C=O) groups is 1. The summed E-state index contributed by atoms with van der Waals surface area (Å²) in [5, 5.41) is 11.9. The van der Waals surface area contributed by atoms with Gasteiger partial charge >= 0.3 is 0 Å². The van der Waals surface area contributed by atoms with Crippen LogP contribution in [-0.4, -0.2) is 30.3 Å². The Kier molecular flexibility index (Phi) is 4.67. The summed E-state index contributed by atoms with van der Waals surface area (Å²) < 4.78 is 18.0. The molecule has 0 saturated carbocycles. The first-order valence-electron chi connectivity index (χ1n) is 5.67. The maximum absolute atomic E-state index is 12.8. The van der Waals surface area contributed by atoms with Crippen LogP contribution in [0.2, 0.25) is 0 Å². The smallest absolute Gasteiger partial charge is 0.251 e. The number of hydrogen-bond donors (Lipinski definition) is 2. The molecule has 0 heterocycles. The number of aromatic hydroxyl groups is 1. The van der Waals surface area contributed by atoms with Gasteiger partial charge in [0.25, 0.3) is 5.91 Å². The van der Waals surface area contributed by atoms with E-state index in [1.807, 2.05) is 13.8 Å². The van der Waals surface area contributed by atoms with Crippen LogP contribution in [0.25, 0.3) is 0 Å². The summed E-state index contributed by atoms with van der Waals surface area (Å²) in [7, 11) is 1.61. The predicted octanol–water partition coefficient (Wildman–Crippen LogP) is 2.08. The molecule has 18 heavy (non-hydrogen) atoms. The van der Waals surface area contributed by atoms with Gasteiger partial charge in [-0.25, -0.2) is 4.39 Å². The Morgan fingerprint density at radius 3 is 2.72 bits per heavy atom. The number of methoxy groups -OCH3 is 1. The molecule has 100 valence electrons. The molecule has 0 unspecified atom stereocenters. The number of halogens is 1. The third-order valence-corrected chi connectivity index (χ3v) is 2.77. The Morgan fingerprint density at radius 1 is 1.50 bits per heavy atom. The fourth-order valence-corrected chi connectivity index (χ4v) is 1.34. The molecule has 0 atom stereocenters. The third-order valence-electron chi connectivity index (χ3n) is 2.77. The van der Waals surface area contributed by atoms with Crippen LogP contribution in [0.3, 0.4) is 0 Å². The van der Waals surface area contributed by atoms with Crippen molar-refractivity contribution in [2.45, 2.75) is 25.9 Å². The van der Waals surface area contributed by atoms with Crippen molar-refractivity contribution in [3.05, 3.63) is 29.6 Å². The number of nitrogens with one attached hydrogen (secondary N) is 1. The Balaban J connectivity index is 2.53. The van der Waals surface area contributed by atoms with Gasteiger partial charge in [-0.2, -0.15) is 0 Å². The van der Waals surface area contributed by atoms with Gasteiger partial charge < -0.3 is 15.2 Å². The van der Waals surface area contributed by atoms with Crippen LogP contribution >= 0.6 is 0 Å². The van der Waals surface area contributed by atoms with E-state index in [0.29, 0.717) is 13.0 Å². The fourth-order valence-electron chi connectivity index (χ4n) is 1.34. The van der Waals surface area contributed by atoms with Crippen molar-refractivity contribution in [1.82, 2.24) is 5.32 Å². The summed E-state index contributed by atoms with van der Waals surface area (Å²) in [4.78, 5) is 11.7. The van der Waals surface area contributed by atoms with Crippen molar-refractivity contribution in [3.63, 3.8) is 0 Å². The quantitative estimate of drug-likeness (QED) is 0.846. The molecule has 0 aliphatic carbocycles. The number of ether oxygens (including phenoxy) is 1. The molecule has 1 aromatic rings. The van der Waals surface area contributed by atoms with E-state index < -0.39 is 11.6 Å². The van der Waals surface area contributed by atoms with Crippen LogP contribution in [0.1, 0.15) is 30.6 Å². The van der Waals surface area contributed by atoms with Gasteiger partial charge in [-0.1, -0.05) is 0 Å². The average molecular weight is 255 g/mol. The molecule has 1 rings (SSSR count). The zero-order valence-electron chi connectivity index (χ0n) is 10.8. The Hall–Kier alpha value is -1.62. The minimum absolute atomic E-state index is 0.226. The van der Waals surface area contributed by atoms with E-state index in [9.17, 15) is 9.18 Å². The van der Waals surface area contributed by atoms with Crippen LogP contribution in [0.4, 0.5) is 4.39 Å². The zero-order chi connectivity index (χ0) is 13.8. The third kappa shape index (κ3) is 4.00. The van der Waals surface area contributed by atoms with Crippen LogP contribution in [-0.2, 0) is 4.74 Å². The molecule has 0 aliphatic heterocycles. The molecule has 2 N–H and O–H groups in total. The van der Waals surface area contributed by atoms with Gasteiger partial charge in [-0.15, -0.1) is 0 Å². The molecule has 0 spiro atoms. The molecule has 1 amide bonds. The highest BCUT2D eigenvalue weighted by molar-refractivity contribution is 5.94. The first kappa shape index (κ1) is 14.4. The highest BCUT2D eigenvalue weighted by Crippen LogP contribution is 2.17. The monoisotopic (exact) mass is 255 g/mol. The van der Waals surface area contributed by atoms with E-state index in [1.54, 1.807) is 7.11 Å². The fraction of sp³-hybridized carbons (Fsp3) is 0.462. The van der Waals surface area contributed by atoms with Crippen LogP contribution < -0.4 is 5.32 Å². The Labute approximate surface area is 106 Å². The topological polar surface area (TPSA) is 58.6 Å². The van der Waals surface area contributed by atoms with Gasteiger partial charge in [-0.05, 0) is 38.5 Å². The molecule has 0 fully saturated rings. The van der Waals surface area contributed by atoms with E-state index in [4.69, 9.17) is 9.84 Å². The second kappa shape index (κ2) is 5.82. The lowest BCUT2D eigenvalue weighted by atomic mass is 10.1. The summed E-state index contributed by atoms with van der Waals surface area (Å²) in [6.07, 6.45) is 0.655. The van der Waals surface area contributed by atoms with Crippen molar-refractivity contribution in [2.75, 3.05) is 13.7 Å². The van der Waals surface area contributed by atoms with Gasteiger partial charge in [0, 0.05) is 19.2 Å². The number of hydrogen-bond acceptors (Lipinski definition) is 3. The number of phenols is 1. The summed E-state index contributed by atoms with van der Waals surface area (Å²) in [6, 6.07) is 3.49. The van der Waals surface area contributed by atoms with Crippen molar-refractivity contribution in [3.8, 4) is 5.75 Å². The van der Waals surface area contributed by atoms with E-state index in [1.165, 1.54) is 6.07 Å². The number of benzene rings is 1. The standard InChI is InChI=1S/C13H18FNO3/c1-13(2,18-3)6-7-15-12(17)9-4-5-10(14)11(16)8-9/h4-5,8,16H,6-7H2,1-3H3,(H,15,17). The molecule has 0 radical (unpaired) electrons. The average Bonchev–Trinajstić information content (AvgIpc) is 2.32. The normalized spacial score (nSPS) is 11.3. The number of amides is 1. The zero-order valence-corrected chi connectivity index (χ0v) is 10.8. The van der Waals surface area contributed by atoms with Crippen LogP contribution in [0.15, 0.2) is 18.2 Å². The summed E-state index contributed by atoms with van der Waals surface area (Å²) in [5.74, 6) is -1.62. The molecule has 0 saturated heterocycles. The number of rotatable bonds is 5. The molecular weight excluding hydrogens is 237 g/mol. The minimum Gasteiger partial charge on any atom is -0.505 e. The summed E-state index contributed by atoms with van der Waals surface area (Å²) in [5.41, 5.74) is -0.0813. The van der Waals surface area contributed by atoms with Crippen molar-refractivity contribution < 1.29 is 19.0 Å². The largest absolute Gasteiger partial charge is 0.505 e. The highest BCUT2D eigenvalue weighted by Gasteiger charge is 2.16. The molecule has 4 nitrogen and oxygen atoms in total. The molecule has 0 aliphatic rings. The lowest BCUT2D eigenvalue weighted by Crippen LogP contribution is -2.32. The molecule has 0 aromatic heterocycles. The van der Waals surface area contributed by atoms with Gasteiger partial charge in [0.1, 0.15) is 0 Å². The van der Waals surface area contributed by atoms with Crippen LogP contribution in [0.5, 0.6) is 5.75 Å². The van der Waals surface area contributed by atoms with E-state index in [-0.39, 0.29) is 17.1 Å². The maximum atomic E-state index is 12.8. The number of phenolic OH excluding ortho intramolecular Hbond substituents is 1. The second-order valence-electron chi connectivity index (χ2n) is 4.64.